The Morgan fingerprint density at radius 1 is 1.42 bits per heavy atom. The molecule has 0 saturated heterocycles. The van der Waals surface area contributed by atoms with E-state index in [0.29, 0.717) is 24.2 Å². The highest BCUT2D eigenvalue weighted by atomic mass is 16.5. The molecule has 8 heteroatoms. The van der Waals surface area contributed by atoms with Crippen LogP contribution in [0.15, 0.2) is 52.8 Å². The van der Waals surface area contributed by atoms with Gasteiger partial charge in [-0.3, -0.25) is 4.79 Å². The first-order valence-electron chi connectivity index (χ1n) is 8.46. The van der Waals surface area contributed by atoms with Gasteiger partial charge in [0.15, 0.2) is 0 Å². The molecule has 2 aromatic rings. The molecule has 138 valence electrons. The average Bonchev–Trinajstić information content (AvgIpc) is 3.08. The summed E-state index contributed by atoms with van der Waals surface area (Å²) in [7, 11) is 0. The van der Waals surface area contributed by atoms with E-state index in [1.165, 1.54) is 11.2 Å². The number of nitrogens with two attached hydrogens (primary N) is 2. The maximum absolute atomic E-state index is 12.3. The Morgan fingerprint density at radius 3 is 2.73 bits per heavy atom. The third-order valence-electron chi connectivity index (χ3n) is 4.54. The zero-order valence-corrected chi connectivity index (χ0v) is 14.5. The van der Waals surface area contributed by atoms with Gasteiger partial charge in [-0.25, -0.2) is 5.84 Å². The highest BCUT2D eigenvalue weighted by Gasteiger charge is 2.35. The standard InChI is InChI=1S/C18H23N5O3/c1-11(24)16(10-19)23(20)14-7-13(8-14)21-18(25)17-9-15(22-26-17)12-5-3-2-4-6-12/h2-6,9-11,13-14,24H,7-8,19-20H2,1H3,(H,21,25)/b16-10-/t11?,13-,14+. The Morgan fingerprint density at radius 2 is 2.12 bits per heavy atom. The van der Waals surface area contributed by atoms with Gasteiger partial charge in [0.1, 0.15) is 5.69 Å². The molecule has 1 heterocycles. The van der Waals surface area contributed by atoms with Crippen molar-refractivity contribution in [2.75, 3.05) is 0 Å². The minimum atomic E-state index is -0.746. The van der Waals surface area contributed by atoms with Crippen molar-refractivity contribution in [2.24, 2.45) is 11.6 Å². The minimum absolute atomic E-state index is 0.0132. The van der Waals surface area contributed by atoms with Crippen molar-refractivity contribution >= 4 is 5.91 Å². The number of hydrogen-bond acceptors (Lipinski definition) is 7. The second-order valence-corrected chi connectivity index (χ2v) is 6.41. The largest absolute Gasteiger partial charge is 0.403 e. The van der Waals surface area contributed by atoms with Crippen molar-refractivity contribution in [3.63, 3.8) is 0 Å². The highest BCUT2D eigenvalue weighted by molar-refractivity contribution is 5.92. The monoisotopic (exact) mass is 357 g/mol. The van der Waals surface area contributed by atoms with Gasteiger partial charge in [0.25, 0.3) is 5.91 Å². The second kappa shape index (κ2) is 7.59. The number of amides is 1. The van der Waals surface area contributed by atoms with Crippen molar-refractivity contribution < 1.29 is 14.4 Å². The van der Waals surface area contributed by atoms with Gasteiger partial charge in [-0.05, 0) is 19.8 Å². The van der Waals surface area contributed by atoms with Crippen LogP contribution >= 0.6 is 0 Å². The molecule has 0 spiro atoms. The van der Waals surface area contributed by atoms with Crippen LogP contribution in [0.25, 0.3) is 11.3 Å². The molecule has 6 N–H and O–H groups in total. The number of nitrogens with one attached hydrogen (secondary N) is 1. The normalized spacial score (nSPS) is 21.0. The third-order valence-corrected chi connectivity index (χ3v) is 4.54. The van der Waals surface area contributed by atoms with Crippen LogP contribution in [0.2, 0.25) is 0 Å². The molecule has 0 bridgehead atoms. The molecule has 1 aromatic carbocycles. The van der Waals surface area contributed by atoms with E-state index < -0.39 is 6.10 Å². The number of carbonyl (C=O) groups is 1. The number of aliphatic hydroxyl groups is 1. The molecule has 26 heavy (non-hydrogen) atoms. The van der Waals surface area contributed by atoms with E-state index in [-0.39, 0.29) is 23.8 Å². The summed E-state index contributed by atoms with van der Waals surface area (Å²) >= 11 is 0. The van der Waals surface area contributed by atoms with E-state index in [0.717, 1.165) is 5.56 Å². The van der Waals surface area contributed by atoms with Crippen LogP contribution in [-0.2, 0) is 0 Å². The van der Waals surface area contributed by atoms with Gasteiger partial charge in [-0.1, -0.05) is 35.5 Å². The molecular weight excluding hydrogens is 334 g/mol. The zero-order chi connectivity index (χ0) is 18.7. The Bertz CT molecular complexity index is 781. The van der Waals surface area contributed by atoms with Crippen LogP contribution in [-0.4, -0.2) is 39.4 Å². The van der Waals surface area contributed by atoms with Crippen molar-refractivity contribution in [2.45, 2.75) is 38.0 Å². The Balaban J connectivity index is 1.54. The molecule has 1 unspecified atom stereocenters. The first kappa shape index (κ1) is 18.0. The highest BCUT2D eigenvalue weighted by Crippen LogP contribution is 2.27. The Labute approximate surface area is 151 Å². The fraction of sp³-hybridized carbons (Fsp3) is 0.333. The van der Waals surface area contributed by atoms with Crippen molar-refractivity contribution in [1.29, 1.82) is 0 Å². The smallest absolute Gasteiger partial charge is 0.290 e. The summed E-state index contributed by atoms with van der Waals surface area (Å²) in [6, 6.07) is 11.1. The van der Waals surface area contributed by atoms with Gasteiger partial charge in [-0.2, -0.15) is 0 Å². The van der Waals surface area contributed by atoms with E-state index in [2.05, 4.69) is 10.5 Å². The molecule has 1 amide bonds. The SMILES string of the molecule is CC(O)/C(=C/N)N(N)[C@H]1C[C@@H](NC(=O)c2cc(-c3ccccc3)no2)C1. The third kappa shape index (κ3) is 3.71. The number of benzene rings is 1. The predicted molar refractivity (Wildman–Crippen MR) is 96.2 cm³/mol. The summed E-state index contributed by atoms with van der Waals surface area (Å²) in [5.74, 6) is 5.85. The van der Waals surface area contributed by atoms with E-state index >= 15 is 0 Å². The van der Waals surface area contributed by atoms with Crippen molar-refractivity contribution in [1.82, 2.24) is 15.5 Å². The molecule has 1 aliphatic rings. The van der Waals surface area contributed by atoms with Crippen LogP contribution in [0.5, 0.6) is 0 Å². The Hall–Kier alpha value is -2.84. The molecule has 3 rings (SSSR count). The van der Waals surface area contributed by atoms with Crippen LogP contribution in [0, 0.1) is 0 Å². The topological polar surface area (TPSA) is 131 Å². The van der Waals surface area contributed by atoms with Gasteiger partial charge in [-0.15, -0.1) is 0 Å². The average molecular weight is 357 g/mol. The maximum Gasteiger partial charge on any atom is 0.290 e. The van der Waals surface area contributed by atoms with Crippen molar-refractivity contribution in [3.05, 3.63) is 54.1 Å². The summed E-state index contributed by atoms with van der Waals surface area (Å²) in [4.78, 5) is 12.3. The summed E-state index contributed by atoms with van der Waals surface area (Å²) in [5.41, 5.74) is 7.46. The summed E-state index contributed by atoms with van der Waals surface area (Å²) < 4.78 is 5.16. The lowest BCUT2D eigenvalue weighted by atomic mass is 9.85. The van der Waals surface area contributed by atoms with Crippen LogP contribution < -0.4 is 16.9 Å². The van der Waals surface area contributed by atoms with E-state index in [9.17, 15) is 9.90 Å². The maximum atomic E-state index is 12.3. The number of aliphatic hydroxyl groups excluding tert-OH is 1. The number of aromatic nitrogens is 1. The molecule has 1 fully saturated rings. The summed E-state index contributed by atoms with van der Waals surface area (Å²) in [5, 5.41) is 18.0. The molecule has 1 aliphatic carbocycles. The van der Waals surface area contributed by atoms with Crippen molar-refractivity contribution in [3.8, 4) is 11.3 Å². The quantitative estimate of drug-likeness (QED) is 0.447. The molecule has 0 aliphatic heterocycles. The fourth-order valence-electron chi connectivity index (χ4n) is 2.97. The summed E-state index contributed by atoms with van der Waals surface area (Å²) in [6.07, 6.45) is 1.87. The van der Waals surface area contributed by atoms with Crippen LogP contribution in [0.4, 0.5) is 0 Å². The Kier molecular flexibility index (Phi) is 5.24. The lowest BCUT2D eigenvalue weighted by molar-refractivity contribution is 0.0727. The first-order valence-corrected chi connectivity index (χ1v) is 8.46. The van der Waals surface area contributed by atoms with Gasteiger partial charge in [0.05, 0.1) is 11.8 Å². The van der Waals surface area contributed by atoms with Gasteiger partial charge < -0.3 is 25.7 Å². The molecule has 1 saturated carbocycles. The molecular formula is C18H23N5O3. The second-order valence-electron chi connectivity index (χ2n) is 6.41. The van der Waals surface area contributed by atoms with E-state index in [1.54, 1.807) is 13.0 Å². The number of rotatable bonds is 6. The predicted octanol–water partition coefficient (Wildman–Crippen LogP) is 0.959. The first-order chi connectivity index (χ1) is 12.5. The number of hydrazine groups is 1. The fourth-order valence-corrected chi connectivity index (χ4v) is 2.97. The zero-order valence-electron chi connectivity index (χ0n) is 14.5. The number of nitrogens with zero attached hydrogens (tertiary/aromatic N) is 2. The summed E-state index contributed by atoms with van der Waals surface area (Å²) in [6.45, 7) is 1.60. The number of carbonyl (C=O) groups excluding carboxylic acids is 1. The lowest BCUT2D eigenvalue weighted by Gasteiger charge is -2.42. The van der Waals surface area contributed by atoms with Gasteiger partial charge in [0.2, 0.25) is 5.76 Å². The van der Waals surface area contributed by atoms with Gasteiger partial charge >= 0.3 is 0 Å². The van der Waals surface area contributed by atoms with Crippen LogP contribution in [0.3, 0.4) is 0 Å². The van der Waals surface area contributed by atoms with E-state index in [4.69, 9.17) is 16.1 Å². The molecule has 1 aromatic heterocycles. The van der Waals surface area contributed by atoms with Gasteiger partial charge in [0, 0.05) is 29.9 Å². The molecule has 1 atom stereocenters. The van der Waals surface area contributed by atoms with E-state index in [1.807, 2.05) is 30.3 Å². The number of hydrogen-bond donors (Lipinski definition) is 4. The molecule has 0 radical (unpaired) electrons. The minimum Gasteiger partial charge on any atom is -0.403 e. The van der Waals surface area contributed by atoms with Crippen LogP contribution in [0.1, 0.15) is 30.3 Å². The molecule has 8 nitrogen and oxygen atoms in total. The lowest BCUT2D eigenvalue weighted by Crippen LogP contribution is -2.56.